The molecule has 52 valence electrons. The predicted molar refractivity (Wildman–Crippen MR) is 39.6 cm³/mol. The first-order valence-electron chi connectivity index (χ1n) is 2.92. The fraction of sp³-hybridized carbons (Fsp3) is 0.500. The average Bonchev–Trinajstić information content (AvgIpc) is 1.88. The van der Waals surface area contributed by atoms with Crippen LogP contribution < -0.4 is 11.1 Å². The summed E-state index contributed by atoms with van der Waals surface area (Å²) in [6.07, 6.45) is 3.85. The molecule has 0 radical (unpaired) electrons. The van der Waals surface area contributed by atoms with Crippen molar-refractivity contribution >= 4 is 6.21 Å². The van der Waals surface area contributed by atoms with E-state index in [0.717, 1.165) is 12.0 Å². The summed E-state index contributed by atoms with van der Waals surface area (Å²) in [5.41, 5.74) is 6.19. The van der Waals surface area contributed by atoms with Crippen LogP contribution in [0.25, 0.3) is 0 Å². The van der Waals surface area contributed by atoms with Crippen molar-refractivity contribution in [2.24, 2.45) is 5.73 Å². The van der Waals surface area contributed by atoms with Gasteiger partial charge in [0.1, 0.15) is 0 Å². The molecule has 0 aliphatic carbocycles. The maximum Gasteiger partial charge on any atom is 0.0224 e. The van der Waals surface area contributed by atoms with Crippen LogP contribution >= 0.6 is 0 Å². The number of nitrogens with two attached hydrogens (primary N) is 1. The van der Waals surface area contributed by atoms with Crippen LogP contribution in [0.2, 0.25) is 0 Å². The van der Waals surface area contributed by atoms with Crippen molar-refractivity contribution in [2.45, 2.75) is 6.42 Å². The van der Waals surface area contributed by atoms with Crippen molar-refractivity contribution in [2.75, 3.05) is 13.6 Å². The summed E-state index contributed by atoms with van der Waals surface area (Å²) in [5, 5.41) is 9.71. The summed E-state index contributed by atoms with van der Waals surface area (Å²) in [4.78, 5) is 0. The molecular weight excluding hydrogens is 114 g/mol. The number of hydrogen-bond acceptors (Lipinski definition) is 3. The lowest BCUT2D eigenvalue weighted by Crippen LogP contribution is -2.04. The molecule has 0 rings (SSSR count). The molecule has 0 spiro atoms. The Balaban J connectivity index is 3.66. The smallest absolute Gasteiger partial charge is 0.0224 e. The van der Waals surface area contributed by atoms with Gasteiger partial charge in [0.05, 0.1) is 0 Å². The van der Waals surface area contributed by atoms with Crippen LogP contribution in [0, 0.1) is 5.41 Å². The third-order valence-corrected chi connectivity index (χ3v) is 0.948. The van der Waals surface area contributed by atoms with Crippen molar-refractivity contribution in [3.8, 4) is 0 Å². The fourth-order valence-corrected chi connectivity index (χ4v) is 0.538. The predicted octanol–water partition coefficient (Wildman–Crippen LogP) is 0.0881. The van der Waals surface area contributed by atoms with Gasteiger partial charge in [-0.15, -0.1) is 0 Å². The first-order valence-corrected chi connectivity index (χ1v) is 2.92. The number of hydrogen-bond donors (Lipinski definition) is 3. The number of nitrogens with one attached hydrogen (secondary N) is 2. The van der Waals surface area contributed by atoms with Crippen molar-refractivity contribution in [1.82, 2.24) is 5.32 Å². The van der Waals surface area contributed by atoms with Crippen LogP contribution in [0.3, 0.4) is 0 Å². The molecule has 0 aliphatic heterocycles. The van der Waals surface area contributed by atoms with Crippen LogP contribution in [0.15, 0.2) is 11.8 Å². The van der Waals surface area contributed by atoms with Gasteiger partial charge in [-0.05, 0) is 18.5 Å². The molecule has 0 saturated carbocycles. The van der Waals surface area contributed by atoms with E-state index in [0.29, 0.717) is 6.54 Å². The highest BCUT2D eigenvalue weighted by Gasteiger charge is 1.86. The third kappa shape index (κ3) is 3.73. The Morgan fingerprint density at radius 3 is 2.78 bits per heavy atom. The molecule has 0 bridgehead atoms. The summed E-state index contributed by atoms with van der Waals surface area (Å²) in [6, 6.07) is 0. The van der Waals surface area contributed by atoms with Crippen molar-refractivity contribution in [3.63, 3.8) is 0 Å². The second kappa shape index (κ2) is 5.31. The van der Waals surface area contributed by atoms with E-state index < -0.39 is 0 Å². The highest BCUT2D eigenvalue weighted by Crippen LogP contribution is 1.91. The van der Waals surface area contributed by atoms with E-state index in [9.17, 15) is 0 Å². The molecule has 0 atom stereocenters. The molecule has 4 N–H and O–H groups in total. The van der Waals surface area contributed by atoms with E-state index in [1.807, 2.05) is 0 Å². The Morgan fingerprint density at radius 2 is 2.44 bits per heavy atom. The van der Waals surface area contributed by atoms with Crippen LogP contribution in [0.4, 0.5) is 0 Å². The van der Waals surface area contributed by atoms with E-state index in [4.69, 9.17) is 11.1 Å². The lowest BCUT2D eigenvalue weighted by atomic mass is 10.2. The second-order valence-corrected chi connectivity index (χ2v) is 1.69. The highest BCUT2D eigenvalue weighted by molar-refractivity contribution is 5.75. The van der Waals surface area contributed by atoms with Crippen molar-refractivity contribution < 1.29 is 0 Å². The molecule has 0 aliphatic rings. The van der Waals surface area contributed by atoms with E-state index in [-0.39, 0.29) is 0 Å². The van der Waals surface area contributed by atoms with Gasteiger partial charge in [0.25, 0.3) is 0 Å². The molecule has 0 amide bonds. The van der Waals surface area contributed by atoms with E-state index in [2.05, 4.69) is 5.32 Å². The van der Waals surface area contributed by atoms with Crippen LogP contribution in [-0.2, 0) is 0 Å². The first kappa shape index (κ1) is 8.17. The van der Waals surface area contributed by atoms with Gasteiger partial charge >= 0.3 is 0 Å². The third-order valence-electron chi connectivity index (χ3n) is 0.948. The Bertz CT molecular complexity index is 107. The van der Waals surface area contributed by atoms with Crippen LogP contribution in [0.1, 0.15) is 6.42 Å². The van der Waals surface area contributed by atoms with Crippen molar-refractivity contribution in [1.29, 1.82) is 5.41 Å². The minimum Gasteiger partial charge on any atom is -0.394 e. The molecule has 3 nitrogen and oxygen atoms in total. The van der Waals surface area contributed by atoms with Crippen molar-refractivity contribution in [3.05, 3.63) is 11.8 Å². The quantitative estimate of drug-likeness (QED) is 0.469. The molecule has 0 aromatic heterocycles. The fourth-order valence-electron chi connectivity index (χ4n) is 0.538. The second-order valence-electron chi connectivity index (χ2n) is 1.69. The van der Waals surface area contributed by atoms with Gasteiger partial charge in [-0.2, -0.15) is 0 Å². The molecule has 0 heterocycles. The van der Waals surface area contributed by atoms with Crippen LogP contribution in [0.5, 0.6) is 0 Å². The Kier molecular flexibility index (Phi) is 4.82. The Labute approximate surface area is 55.4 Å². The van der Waals surface area contributed by atoms with Gasteiger partial charge in [-0.25, -0.2) is 0 Å². The Morgan fingerprint density at radius 1 is 1.78 bits per heavy atom. The van der Waals surface area contributed by atoms with E-state index >= 15 is 0 Å². The monoisotopic (exact) mass is 127 g/mol. The maximum atomic E-state index is 6.88. The van der Waals surface area contributed by atoms with Gasteiger partial charge in [-0.3, -0.25) is 0 Å². The summed E-state index contributed by atoms with van der Waals surface area (Å²) >= 11 is 0. The SMILES string of the molecule is CN/C=C(\C=N)CCN. The molecule has 9 heavy (non-hydrogen) atoms. The summed E-state index contributed by atoms with van der Waals surface area (Å²) in [7, 11) is 1.81. The van der Waals surface area contributed by atoms with E-state index in [1.165, 1.54) is 6.21 Å². The Hall–Kier alpha value is -0.830. The number of rotatable bonds is 4. The zero-order valence-corrected chi connectivity index (χ0v) is 5.65. The molecule has 0 aromatic rings. The van der Waals surface area contributed by atoms with Crippen LogP contribution in [-0.4, -0.2) is 19.8 Å². The van der Waals surface area contributed by atoms with Gasteiger partial charge in [-0.1, -0.05) is 0 Å². The maximum absolute atomic E-state index is 6.88. The highest BCUT2D eigenvalue weighted by atomic mass is 14.8. The zero-order valence-electron chi connectivity index (χ0n) is 5.65. The molecule has 0 unspecified atom stereocenters. The topological polar surface area (TPSA) is 61.9 Å². The van der Waals surface area contributed by atoms with Gasteiger partial charge < -0.3 is 16.5 Å². The standard InChI is InChI=1S/C6H13N3/c1-9-5-6(4-8)2-3-7/h4-5,8-9H,2-3,7H2,1H3/b6-5-,8-4?. The average molecular weight is 127 g/mol. The molecule has 3 heteroatoms. The lowest BCUT2D eigenvalue weighted by molar-refractivity contribution is 0.962. The zero-order chi connectivity index (χ0) is 7.11. The first-order chi connectivity index (χ1) is 4.35. The van der Waals surface area contributed by atoms with E-state index in [1.54, 1.807) is 13.2 Å². The lowest BCUT2D eigenvalue weighted by Gasteiger charge is -1.95. The van der Waals surface area contributed by atoms with Gasteiger partial charge in [0.2, 0.25) is 0 Å². The summed E-state index contributed by atoms with van der Waals surface area (Å²) in [5.74, 6) is 0. The normalized spacial score (nSPS) is 11.1. The summed E-state index contributed by atoms with van der Waals surface area (Å²) < 4.78 is 0. The molecule has 0 saturated heterocycles. The molecule has 0 aromatic carbocycles. The van der Waals surface area contributed by atoms with Gasteiger partial charge in [0, 0.05) is 19.5 Å². The molecule has 0 fully saturated rings. The minimum absolute atomic E-state index is 0.600. The largest absolute Gasteiger partial charge is 0.394 e. The minimum atomic E-state index is 0.600. The molecular formula is C6H13N3. The summed E-state index contributed by atoms with van der Waals surface area (Å²) in [6.45, 7) is 0.600. The van der Waals surface area contributed by atoms with Gasteiger partial charge in [0.15, 0.2) is 0 Å².